The summed E-state index contributed by atoms with van der Waals surface area (Å²) in [6, 6.07) is 3.71. The Morgan fingerprint density at radius 2 is 2.19 bits per heavy atom. The van der Waals surface area contributed by atoms with Gasteiger partial charge in [-0.2, -0.15) is 0 Å². The minimum Gasteiger partial charge on any atom is -0.481 e. The lowest BCUT2D eigenvalue weighted by Gasteiger charge is -2.06. The van der Waals surface area contributed by atoms with Crippen molar-refractivity contribution < 1.29 is 14.7 Å². The molecule has 0 aliphatic carbocycles. The fourth-order valence-corrected chi connectivity index (χ4v) is 2.42. The smallest absolute Gasteiger partial charge is 0.303 e. The van der Waals surface area contributed by atoms with Crippen LogP contribution in [0.3, 0.4) is 0 Å². The van der Waals surface area contributed by atoms with Crippen molar-refractivity contribution in [3.05, 3.63) is 34.2 Å². The van der Waals surface area contributed by atoms with E-state index in [1.165, 1.54) is 0 Å². The molecule has 0 radical (unpaired) electrons. The maximum atomic E-state index is 12.3. The minimum atomic E-state index is -0.864. The molecule has 0 spiro atoms. The molecule has 0 aliphatic rings. The third kappa shape index (κ3) is 3.60. The number of nitrogens with zero attached hydrogens (tertiary/aromatic N) is 2. The average Bonchev–Trinajstić information content (AvgIpc) is 2.80. The number of hydrogen-bond donors (Lipinski definition) is 2. The van der Waals surface area contributed by atoms with E-state index in [0.29, 0.717) is 30.7 Å². The number of imidazole rings is 1. The van der Waals surface area contributed by atoms with E-state index in [1.807, 2.05) is 19.1 Å². The highest BCUT2D eigenvalue weighted by atomic mass is 79.9. The first-order chi connectivity index (χ1) is 10.0. The molecule has 0 saturated carbocycles. The molecular weight excluding hydrogens is 338 g/mol. The van der Waals surface area contributed by atoms with E-state index in [0.717, 1.165) is 10.2 Å². The van der Waals surface area contributed by atoms with Crippen LogP contribution in [0, 0.1) is 0 Å². The highest BCUT2D eigenvalue weighted by Gasteiger charge is 2.18. The Kier molecular flexibility index (Phi) is 4.95. The number of carbonyl (C=O) groups is 2. The predicted octanol–water partition coefficient (Wildman–Crippen LogP) is 2.25. The maximum Gasteiger partial charge on any atom is 0.303 e. The molecule has 0 saturated heterocycles. The van der Waals surface area contributed by atoms with Gasteiger partial charge in [0, 0.05) is 23.6 Å². The van der Waals surface area contributed by atoms with E-state index >= 15 is 0 Å². The number of rotatable bonds is 6. The lowest BCUT2D eigenvalue weighted by molar-refractivity contribution is -0.137. The normalized spacial score (nSPS) is 10.8. The fraction of sp³-hybridized carbons (Fsp3) is 0.357. The van der Waals surface area contributed by atoms with Gasteiger partial charge in [-0.05, 0) is 40.9 Å². The molecule has 1 amide bonds. The molecule has 2 heterocycles. The van der Waals surface area contributed by atoms with Crippen molar-refractivity contribution in [2.75, 3.05) is 6.54 Å². The first kappa shape index (κ1) is 15.5. The van der Waals surface area contributed by atoms with Gasteiger partial charge in [0.2, 0.25) is 0 Å². The number of carbonyl (C=O) groups excluding carboxylic acids is 1. The third-order valence-corrected chi connectivity index (χ3v) is 3.53. The molecule has 0 atom stereocenters. The van der Waals surface area contributed by atoms with Gasteiger partial charge >= 0.3 is 5.97 Å². The van der Waals surface area contributed by atoms with E-state index < -0.39 is 5.97 Å². The Bertz CT molecular complexity index is 681. The molecule has 0 aromatic carbocycles. The number of pyridine rings is 1. The van der Waals surface area contributed by atoms with E-state index in [9.17, 15) is 9.59 Å². The molecule has 21 heavy (non-hydrogen) atoms. The molecule has 7 heteroatoms. The van der Waals surface area contributed by atoms with Crippen LogP contribution in [0.5, 0.6) is 0 Å². The van der Waals surface area contributed by atoms with Gasteiger partial charge < -0.3 is 10.4 Å². The van der Waals surface area contributed by atoms with Crippen molar-refractivity contribution in [1.82, 2.24) is 14.7 Å². The Hall–Kier alpha value is -1.89. The quantitative estimate of drug-likeness (QED) is 0.780. The number of aryl methyl sites for hydroxylation is 1. The summed E-state index contributed by atoms with van der Waals surface area (Å²) < 4.78 is 2.60. The Balaban J connectivity index is 2.21. The summed E-state index contributed by atoms with van der Waals surface area (Å²) >= 11 is 3.38. The zero-order chi connectivity index (χ0) is 15.4. The van der Waals surface area contributed by atoms with Crippen LogP contribution < -0.4 is 5.32 Å². The van der Waals surface area contributed by atoms with Crippen molar-refractivity contribution in [2.45, 2.75) is 26.2 Å². The SMILES string of the molecule is CCc1nc2ccc(Br)cn2c1C(=O)NCCCC(=O)O. The number of hydrogen-bond acceptors (Lipinski definition) is 3. The number of amides is 1. The van der Waals surface area contributed by atoms with Crippen molar-refractivity contribution in [3.8, 4) is 0 Å². The largest absolute Gasteiger partial charge is 0.481 e. The summed E-state index contributed by atoms with van der Waals surface area (Å²) in [5, 5.41) is 11.3. The van der Waals surface area contributed by atoms with Crippen LogP contribution >= 0.6 is 15.9 Å². The van der Waals surface area contributed by atoms with Gasteiger partial charge in [-0.3, -0.25) is 14.0 Å². The summed E-state index contributed by atoms with van der Waals surface area (Å²) in [6.07, 6.45) is 2.90. The summed E-state index contributed by atoms with van der Waals surface area (Å²) in [4.78, 5) is 27.2. The lowest BCUT2D eigenvalue weighted by Crippen LogP contribution is -2.27. The van der Waals surface area contributed by atoms with Crippen LogP contribution in [-0.4, -0.2) is 32.9 Å². The fourth-order valence-electron chi connectivity index (χ4n) is 2.08. The van der Waals surface area contributed by atoms with E-state index in [2.05, 4.69) is 26.2 Å². The van der Waals surface area contributed by atoms with E-state index in [-0.39, 0.29) is 12.3 Å². The van der Waals surface area contributed by atoms with Gasteiger partial charge in [0.1, 0.15) is 11.3 Å². The van der Waals surface area contributed by atoms with Gasteiger partial charge in [0.25, 0.3) is 5.91 Å². The predicted molar refractivity (Wildman–Crippen MR) is 81.5 cm³/mol. The van der Waals surface area contributed by atoms with Gasteiger partial charge in [0.05, 0.1) is 5.69 Å². The second kappa shape index (κ2) is 6.71. The summed E-state index contributed by atoms with van der Waals surface area (Å²) in [7, 11) is 0. The van der Waals surface area contributed by atoms with Crippen LogP contribution in [0.1, 0.15) is 35.9 Å². The molecule has 2 aromatic rings. The van der Waals surface area contributed by atoms with Crippen LogP contribution in [0.25, 0.3) is 5.65 Å². The second-order valence-corrected chi connectivity index (χ2v) is 5.51. The molecule has 0 unspecified atom stereocenters. The molecule has 112 valence electrons. The molecule has 2 rings (SSSR count). The number of halogens is 1. The van der Waals surface area contributed by atoms with Crippen LogP contribution in [0.15, 0.2) is 22.8 Å². The standard InChI is InChI=1S/C14H16BrN3O3/c1-2-10-13(14(21)16-7-3-4-12(19)20)18-8-9(15)5-6-11(18)17-10/h5-6,8H,2-4,7H2,1H3,(H,16,21)(H,19,20). The number of aliphatic carboxylic acids is 1. The Morgan fingerprint density at radius 3 is 2.86 bits per heavy atom. The molecular formula is C14H16BrN3O3. The summed E-state index contributed by atoms with van der Waals surface area (Å²) in [5.41, 5.74) is 1.94. The van der Waals surface area contributed by atoms with Crippen molar-refractivity contribution in [1.29, 1.82) is 0 Å². The molecule has 6 nitrogen and oxygen atoms in total. The zero-order valence-corrected chi connectivity index (χ0v) is 13.2. The number of carboxylic acid groups (broad SMARTS) is 1. The number of aromatic nitrogens is 2. The van der Waals surface area contributed by atoms with Crippen LogP contribution in [-0.2, 0) is 11.2 Å². The van der Waals surface area contributed by atoms with Gasteiger partial charge in [-0.15, -0.1) is 0 Å². The number of nitrogens with one attached hydrogen (secondary N) is 1. The molecule has 0 bridgehead atoms. The summed E-state index contributed by atoms with van der Waals surface area (Å²) in [6.45, 7) is 2.27. The number of carboxylic acids is 1. The van der Waals surface area contributed by atoms with E-state index in [1.54, 1.807) is 10.6 Å². The first-order valence-corrected chi connectivity index (χ1v) is 7.48. The third-order valence-electron chi connectivity index (χ3n) is 3.06. The average molecular weight is 354 g/mol. The second-order valence-electron chi connectivity index (χ2n) is 4.59. The van der Waals surface area contributed by atoms with Crippen LogP contribution in [0.4, 0.5) is 0 Å². The van der Waals surface area contributed by atoms with E-state index in [4.69, 9.17) is 5.11 Å². The Labute approximate surface area is 130 Å². The number of fused-ring (bicyclic) bond motifs is 1. The molecule has 0 fully saturated rings. The van der Waals surface area contributed by atoms with Gasteiger partial charge in [0.15, 0.2) is 0 Å². The van der Waals surface area contributed by atoms with Crippen molar-refractivity contribution >= 4 is 33.5 Å². The van der Waals surface area contributed by atoms with Crippen LogP contribution in [0.2, 0.25) is 0 Å². The highest BCUT2D eigenvalue weighted by molar-refractivity contribution is 9.10. The molecule has 0 aliphatic heterocycles. The molecule has 2 N–H and O–H groups in total. The van der Waals surface area contributed by atoms with Crippen molar-refractivity contribution in [2.24, 2.45) is 0 Å². The van der Waals surface area contributed by atoms with Crippen molar-refractivity contribution in [3.63, 3.8) is 0 Å². The highest BCUT2D eigenvalue weighted by Crippen LogP contribution is 2.17. The zero-order valence-electron chi connectivity index (χ0n) is 11.6. The topological polar surface area (TPSA) is 83.7 Å². The van der Waals surface area contributed by atoms with Gasteiger partial charge in [-0.25, -0.2) is 4.98 Å². The molecule has 2 aromatic heterocycles. The Morgan fingerprint density at radius 1 is 1.43 bits per heavy atom. The minimum absolute atomic E-state index is 0.0413. The maximum absolute atomic E-state index is 12.3. The first-order valence-electron chi connectivity index (χ1n) is 6.69. The lowest BCUT2D eigenvalue weighted by atomic mass is 10.2. The summed E-state index contributed by atoms with van der Waals surface area (Å²) in [5.74, 6) is -1.10. The monoisotopic (exact) mass is 353 g/mol. The van der Waals surface area contributed by atoms with Gasteiger partial charge in [-0.1, -0.05) is 6.92 Å².